The van der Waals surface area contributed by atoms with Gasteiger partial charge in [0.2, 0.25) is 5.91 Å². The van der Waals surface area contributed by atoms with Crippen LogP contribution in [0.2, 0.25) is 0 Å². The number of nitrogens with zero attached hydrogens (tertiary/aromatic N) is 4. The molecular weight excluding hydrogens is 438 g/mol. The lowest BCUT2D eigenvalue weighted by atomic mass is 9.92. The second-order valence-electron chi connectivity index (χ2n) is 9.49. The molecule has 0 unspecified atom stereocenters. The van der Waals surface area contributed by atoms with Gasteiger partial charge in [-0.05, 0) is 49.7 Å². The Labute approximate surface area is 197 Å². The van der Waals surface area contributed by atoms with E-state index in [1.54, 1.807) is 17.5 Å². The van der Waals surface area contributed by atoms with Gasteiger partial charge in [-0.15, -0.1) is 11.3 Å². The van der Waals surface area contributed by atoms with Crippen molar-refractivity contribution in [2.75, 3.05) is 25.5 Å². The van der Waals surface area contributed by atoms with Crippen molar-refractivity contribution in [2.24, 2.45) is 5.92 Å². The molecule has 1 aliphatic heterocycles. The van der Waals surface area contributed by atoms with Crippen LogP contribution in [0, 0.1) is 5.92 Å². The third-order valence-electron chi connectivity index (χ3n) is 7.08. The van der Waals surface area contributed by atoms with Crippen LogP contribution < -0.4 is 10.2 Å². The molecule has 1 saturated heterocycles. The Balaban J connectivity index is 1.36. The van der Waals surface area contributed by atoms with E-state index in [4.69, 9.17) is 0 Å². The number of carbonyl (C=O) groups excluding carboxylic acids is 3. The molecule has 5 rings (SSSR count). The molecule has 1 aromatic carbocycles. The second-order valence-corrected chi connectivity index (χ2v) is 10.6. The SMILES string of the molecule is C[C@@H](C1CC1)N(Cc1cnc(N(C)C)s1)C(=O)CN1C(=O)N[C@]2(CCc3ccccc32)C1=O. The Morgan fingerprint density at radius 3 is 2.76 bits per heavy atom. The summed E-state index contributed by atoms with van der Waals surface area (Å²) in [6, 6.07) is 7.28. The molecule has 8 nitrogen and oxygen atoms in total. The van der Waals surface area contributed by atoms with Crippen LogP contribution in [0.15, 0.2) is 30.5 Å². The number of hydrogen-bond acceptors (Lipinski definition) is 6. The second kappa shape index (κ2) is 8.13. The maximum Gasteiger partial charge on any atom is 0.325 e. The van der Waals surface area contributed by atoms with E-state index >= 15 is 0 Å². The van der Waals surface area contributed by atoms with Crippen molar-refractivity contribution < 1.29 is 14.4 Å². The van der Waals surface area contributed by atoms with E-state index in [-0.39, 0.29) is 24.4 Å². The van der Waals surface area contributed by atoms with Crippen LogP contribution in [0.4, 0.5) is 9.93 Å². The van der Waals surface area contributed by atoms with Crippen molar-refractivity contribution in [3.63, 3.8) is 0 Å². The number of anilines is 1. The molecule has 2 aliphatic carbocycles. The average Bonchev–Trinajstić information content (AvgIpc) is 3.36. The fourth-order valence-corrected chi connectivity index (χ4v) is 5.83. The number of thiazole rings is 1. The summed E-state index contributed by atoms with van der Waals surface area (Å²) < 4.78 is 0. The van der Waals surface area contributed by atoms with Gasteiger partial charge in [0.05, 0.1) is 6.54 Å². The number of hydrogen-bond donors (Lipinski definition) is 1. The Kier molecular flexibility index (Phi) is 5.39. The van der Waals surface area contributed by atoms with Gasteiger partial charge in [0, 0.05) is 31.2 Å². The molecule has 9 heteroatoms. The molecule has 3 aliphatic rings. The summed E-state index contributed by atoms with van der Waals surface area (Å²) in [6.07, 6.45) is 5.25. The van der Waals surface area contributed by atoms with Crippen LogP contribution in [-0.2, 0) is 28.1 Å². The summed E-state index contributed by atoms with van der Waals surface area (Å²) in [5.41, 5.74) is 0.881. The van der Waals surface area contributed by atoms with Crippen molar-refractivity contribution in [3.8, 4) is 0 Å². The van der Waals surface area contributed by atoms with Crippen LogP contribution in [0.25, 0.3) is 0 Å². The van der Waals surface area contributed by atoms with Crippen molar-refractivity contribution in [3.05, 3.63) is 46.5 Å². The summed E-state index contributed by atoms with van der Waals surface area (Å²) in [4.78, 5) is 50.1. The molecule has 0 radical (unpaired) electrons. The van der Waals surface area contributed by atoms with E-state index in [0.29, 0.717) is 18.9 Å². The molecule has 2 fully saturated rings. The Morgan fingerprint density at radius 1 is 1.30 bits per heavy atom. The molecule has 4 amide bonds. The predicted molar refractivity (Wildman–Crippen MR) is 126 cm³/mol. The Bertz CT molecular complexity index is 1110. The van der Waals surface area contributed by atoms with Gasteiger partial charge >= 0.3 is 6.03 Å². The Hall–Kier alpha value is -2.94. The lowest BCUT2D eigenvalue weighted by molar-refractivity contribution is -0.141. The van der Waals surface area contributed by atoms with Gasteiger partial charge in [-0.3, -0.25) is 14.5 Å². The monoisotopic (exact) mass is 467 g/mol. The van der Waals surface area contributed by atoms with Gasteiger partial charge in [0.15, 0.2) is 5.13 Å². The van der Waals surface area contributed by atoms with E-state index in [1.807, 2.05) is 48.2 Å². The van der Waals surface area contributed by atoms with E-state index in [9.17, 15) is 14.4 Å². The molecule has 1 saturated carbocycles. The summed E-state index contributed by atoms with van der Waals surface area (Å²) >= 11 is 1.55. The number of carbonyl (C=O) groups is 3. The number of amides is 4. The molecule has 1 spiro atoms. The maximum absolute atomic E-state index is 13.5. The fourth-order valence-electron chi connectivity index (χ4n) is 5.00. The zero-order valence-electron chi connectivity index (χ0n) is 19.2. The molecule has 1 aromatic heterocycles. The number of imide groups is 1. The number of nitrogens with one attached hydrogen (secondary N) is 1. The third kappa shape index (κ3) is 3.78. The number of aryl methyl sites for hydroxylation is 1. The van der Waals surface area contributed by atoms with Gasteiger partial charge in [0.25, 0.3) is 5.91 Å². The summed E-state index contributed by atoms with van der Waals surface area (Å²) in [5, 5.41) is 3.79. The van der Waals surface area contributed by atoms with Gasteiger partial charge in [0.1, 0.15) is 12.1 Å². The van der Waals surface area contributed by atoms with Crippen LogP contribution in [-0.4, -0.2) is 59.3 Å². The quantitative estimate of drug-likeness (QED) is 0.633. The van der Waals surface area contributed by atoms with Gasteiger partial charge in [-0.1, -0.05) is 24.3 Å². The molecule has 33 heavy (non-hydrogen) atoms. The first-order valence-corrected chi connectivity index (χ1v) is 12.3. The molecule has 2 atom stereocenters. The van der Waals surface area contributed by atoms with Crippen molar-refractivity contribution in [2.45, 2.75) is 50.7 Å². The van der Waals surface area contributed by atoms with Gasteiger partial charge < -0.3 is 15.1 Å². The van der Waals surface area contributed by atoms with Crippen LogP contribution in [0.5, 0.6) is 0 Å². The number of aromatic nitrogens is 1. The first-order chi connectivity index (χ1) is 15.8. The topological polar surface area (TPSA) is 85.8 Å². The lowest BCUT2D eigenvalue weighted by Crippen LogP contribution is -2.47. The highest BCUT2D eigenvalue weighted by Gasteiger charge is 2.55. The highest BCUT2D eigenvalue weighted by atomic mass is 32.1. The summed E-state index contributed by atoms with van der Waals surface area (Å²) in [6.45, 7) is 2.24. The normalized spacial score (nSPS) is 22.5. The van der Waals surface area contributed by atoms with Crippen molar-refractivity contribution in [1.29, 1.82) is 0 Å². The number of benzene rings is 1. The zero-order valence-corrected chi connectivity index (χ0v) is 20.0. The smallest absolute Gasteiger partial charge is 0.325 e. The number of rotatable bonds is 7. The van der Waals surface area contributed by atoms with E-state index < -0.39 is 11.6 Å². The minimum Gasteiger partial charge on any atom is -0.354 e. The third-order valence-corrected chi connectivity index (χ3v) is 8.23. The molecule has 1 N–H and O–H groups in total. The van der Waals surface area contributed by atoms with Gasteiger partial charge in [-0.25, -0.2) is 9.78 Å². The average molecular weight is 468 g/mol. The largest absolute Gasteiger partial charge is 0.354 e. The molecule has 2 heterocycles. The molecule has 0 bridgehead atoms. The van der Waals surface area contributed by atoms with Crippen molar-refractivity contribution >= 4 is 34.3 Å². The number of fused-ring (bicyclic) bond motifs is 2. The summed E-state index contributed by atoms with van der Waals surface area (Å²) in [5.74, 6) is -0.0649. The van der Waals surface area contributed by atoms with Gasteiger partial charge in [-0.2, -0.15) is 0 Å². The molecular formula is C24H29N5O3S. The van der Waals surface area contributed by atoms with Crippen LogP contribution >= 0.6 is 11.3 Å². The summed E-state index contributed by atoms with van der Waals surface area (Å²) in [7, 11) is 3.87. The van der Waals surface area contributed by atoms with E-state index in [1.165, 1.54) is 0 Å². The minimum absolute atomic E-state index is 0.0457. The molecule has 2 aromatic rings. The lowest BCUT2D eigenvalue weighted by Gasteiger charge is -2.30. The standard InChI is InChI=1S/C24H29N5O3S/c1-15(16-8-9-16)28(13-18-12-25-23(33-18)27(2)3)20(30)14-29-21(31)24(26-22(29)32)11-10-17-6-4-5-7-19(17)24/h4-7,12,15-16H,8-11,13-14H2,1-3H3,(H,26,32)/t15-,24-/m0/s1. The highest BCUT2D eigenvalue weighted by molar-refractivity contribution is 7.15. The minimum atomic E-state index is -1.04. The Morgan fingerprint density at radius 2 is 2.06 bits per heavy atom. The van der Waals surface area contributed by atoms with E-state index in [2.05, 4.69) is 17.2 Å². The number of urea groups is 1. The fraction of sp³-hybridized carbons (Fsp3) is 0.500. The zero-order chi connectivity index (χ0) is 23.3. The maximum atomic E-state index is 13.5. The van der Waals surface area contributed by atoms with Crippen LogP contribution in [0.3, 0.4) is 0 Å². The van der Waals surface area contributed by atoms with E-state index in [0.717, 1.165) is 45.3 Å². The van der Waals surface area contributed by atoms with Crippen molar-refractivity contribution in [1.82, 2.24) is 20.1 Å². The van der Waals surface area contributed by atoms with Crippen LogP contribution in [0.1, 0.15) is 42.2 Å². The first kappa shape index (κ1) is 21.9. The first-order valence-electron chi connectivity index (χ1n) is 11.4. The molecule has 174 valence electrons. The highest BCUT2D eigenvalue weighted by Crippen LogP contribution is 2.41. The predicted octanol–water partition coefficient (Wildman–Crippen LogP) is 2.73.